The lowest BCUT2D eigenvalue weighted by Gasteiger charge is -2.41. The lowest BCUT2D eigenvalue weighted by molar-refractivity contribution is -0.138. The molecule has 2 atom stereocenters. The quantitative estimate of drug-likeness (QED) is 0.479. The molecule has 0 bridgehead atoms. The average Bonchev–Trinajstić information content (AvgIpc) is 3.18. The highest BCUT2D eigenvalue weighted by Gasteiger charge is 2.48. The summed E-state index contributed by atoms with van der Waals surface area (Å²) in [7, 11) is -4.84. The molecule has 2 heterocycles. The molecule has 2 aromatic carbocycles. The third kappa shape index (κ3) is 7.00. The van der Waals surface area contributed by atoms with Crippen molar-refractivity contribution in [1.82, 2.24) is 10.2 Å². The van der Waals surface area contributed by atoms with E-state index in [1.165, 1.54) is 10.6 Å². The number of hydrogen-bond donors (Lipinski definition) is 2. The number of benzene rings is 2. The summed E-state index contributed by atoms with van der Waals surface area (Å²) in [6, 6.07) is 15.9. The average molecular weight is 597 g/mol. The molecule has 214 valence electrons. The van der Waals surface area contributed by atoms with Gasteiger partial charge in [0, 0.05) is 41.6 Å². The molecule has 3 N–H and O–H groups in total. The number of carbonyl (C=O) groups excluding carboxylic acids is 2. The fraction of sp³-hybridized carbons (Fsp3) is 0.481. The van der Waals surface area contributed by atoms with E-state index in [0.29, 0.717) is 38.2 Å². The second-order valence-corrected chi connectivity index (χ2v) is 14.3. The maximum Gasteiger partial charge on any atom is 0.246 e. The van der Waals surface area contributed by atoms with Crippen LogP contribution in [0.15, 0.2) is 54.6 Å². The summed E-state index contributed by atoms with van der Waals surface area (Å²) in [4.78, 5) is 28.0. The van der Waals surface area contributed by atoms with Gasteiger partial charge in [-0.2, -0.15) is 0 Å². The van der Waals surface area contributed by atoms with E-state index in [0.717, 1.165) is 11.1 Å². The van der Waals surface area contributed by atoms with Crippen LogP contribution in [-0.4, -0.2) is 72.6 Å². The van der Waals surface area contributed by atoms with Crippen molar-refractivity contribution in [2.45, 2.75) is 49.4 Å². The Morgan fingerprint density at radius 3 is 2.26 bits per heavy atom. The van der Waals surface area contributed by atoms with Crippen LogP contribution in [-0.2, 0) is 41.6 Å². The summed E-state index contributed by atoms with van der Waals surface area (Å²) in [6.45, 7) is 4.25. The predicted molar refractivity (Wildman–Crippen MR) is 157 cm³/mol. The number of sulfonamides is 1. The fourth-order valence-corrected chi connectivity index (χ4v) is 7.49. The monoisotopic (exact) mass is 596 g/mol. The molecule has 9 nitrogen and oxygen atoms in total. The van der Waals surface area contributed by atoms with Gasteiger partial charge in [0.2, 0.25) is 21.8 Å². The van der Waals surface area contributed by atoms with Gasteiger partial charge in [-0.3, -0.25) is 18.1 Å². The summed E-state index contributed by atoms with van der Waals surface area (Å²) in [6.07, 6.45) is 2.37. The maximum absolute atomic E-state index is 13.7. The third-order valence-corrected chi connectivity index (χ3v) is 9.82. The molecule has 1 saturated heterocycles. The molecular formula is C27H37ClN4O5S2. The summed E-state index contributed by atoms with van der Waals surface area (Å²) in [5, 5.41) is 2.74. The Morgan fingerprint density at radius 2 is 1.67 bits per heavy atom. The van der Waals surface area contributed by atoms with E-state index in [1.807, 2.05) is 54.6 Å². The van der Waals surface area contributed by atoms with Crippen molar-refractivity contribution in [1.29, 1.82) is 0 Å². The minimum absolute atomic E-state index is 0. The summed E-state index contributed by atoms with van der Waals surface area (Å²) >= 11 is 0. The molecule has 0 saturated carbocycles. The zero-order chi connectivity index (χ0) is 27.7. The minimum atomic E-state index is -3.44. The van der Waals surface area contributed by atoms with Gasteiger partial charge in [-0.05, 0) is 43.9 Å². The number of anilines is 1. The molecule has 0 radical (unpaired) electrons. The number of rotatable bonds is 8. The highest BCUT2D eigenvalue weighted by atomic mass is 35.5. The minimum Gasteiger partial charge on any atom is -0.342 e. The van der Waals surface area contributed by atoms with Gasteiger partial charge < -0.3 is 16.0 Å². The van der Waals surface area contributed by atoms with Gasteiger partial charge in [-0.25, -0.2) is 8.42 Å². The molecule has 0 aliphatic carbocycles. The SMILES string of the molecule is CC(C)(N)C(=O)N[C@H](CS(=O)Cc1ccccc1)C(=O)N1CCC2(CC1)CN(S(C)(=O)=O)c1ccccc12.Cl. The van der Waals surface area contributed by atoms with Gasteiger partial charge >= 0.3 is 0 Å². The van der Waals surface area contributed by atoms with Crippen molar-refractivity contribution in [3.8, 4) is 0 Å². The molecule has 2 aliphatic heterocycles. The van der Waals surface area contributed by atoms with Crippen molar-refractivity contribution in [3.05, 3.63) is 65.7 Å². The number of carbonyl (C=O) groups is 2. The number of amides is 2. The molecule has 12 heteroatoms. The number of hydrogen-bond acceptors (Lipinski definition) is 6. The Labute approximate surface area is 239 Å². The lowest BCUT2D eigenvalue weighted by Crippen LogP contribution is -2.59. The number of halogens is 1. The second kappa shape index (κ2) is 12.0. The first kappa shape index (κ1) is 31.1. The van der Waals surface area contributed by atoms with Crippen LogP contribution in [0.1, 0.15) is 37.8 Å². The third-order valence-electron chi connectivity index (χ3n) is 7.33. The van der Waals surface area contributed by atoms with Crippen LogP contribution >= 0.6 is 12.4 Å². The first-order valence-electron chi connectivity index (χ1n) is 12.6. The Morgan fingerprint density at radius 1 is 1.08 bits per heavy atom. The lowest BCUT2D eigenvalue weighted by atomic mass is 9.74. The smallest absolute Gasteiger partial charge is 0.246 e. The standard InChI is InChI=1S/C27H36N4O5S2.ClH/c1-26(2,28)25(33)29-22(18-37(34)17-20-9-5-4-6-10-20)24(32)30-15-13-27(14-16-30)19-31(38(3,35)36)23-12-8-7-11-21(23)27;/h4-12,22H,13-19,28H2,1-3H3,(H,29,33);1H/t22-,37?;/m1./s1. The van der Waals surface area contributed by atoms with Gasteiger partial charge in [0.1, 0.15) is 6.04 Å². The number of nitrogens with one attached hydrogen (secondary N) is 1. The summed E-state index contributed by atoms with van der Waals surface area (Å²) < 4.78 is 39.4. The van der Waals surface area contributed by atoms with Crippen LogP contribution in [0, 0.1) is 0 Å². The van der Waals surface area contributed by atoms with Crippen LogP contribution in [0.25, 0.3) is 0 Å². The van der Waals surface area contributed by atoms with E-state index in [4.69, 9.17) is 5.73 Å². The summed E-state index contributed by atoms with van der Waals surface area (Å²) in [5.74, 6) is -0.546. The van der Waals surface area contributed by atoms with Gasteiger partial charge in [0.25, 0.3) is 0 Å². The molecular weight excluding hydrogens is 560 g/mol. The Kier molecular flexibility index (Phi) is 9.52. The van der Waals surface area contributed by atoms with Crippen molar-refractivity contribution >= 4 is 50.7 Å². The molecule has 1 spiro atoms. The van der Waals surface area contributed by atoms with Gasteiger partial charge in [0.05, 0.1) is 23.2 Å². The largest absolute Gasteiger partial charge is 0.342 e. The number of fused-ring (bicyclic) bond motifs is 2. The number of para-hydroxylation sites is 1. The highest BCUT2D eigenvalue weighted by molar-refractivity contribution is 7.92. The van der Waals surface area contributed by atoms with E-state index in [-0.39, 0.29) is 35.2 Å². The number of likely N-dealkylation sites (tertiary alicyclic amines) is 1. The van der Waals surface area contributed by atoms with Crippen LogP contribution in [0.4, 0.5) is 5.69 Å². The predicted octanol–water partition coefficient (Wildman–Crippen LogP) is 1.92. The van der Waals surface area contributed by atoms with Gasteiger partial charge in [-0.15, -0.1) is 12.4 Å². The Balaban J connectivity index is 0.00000420. The van der Waals surface area contributed by atoms with E-state index in [9.17, 15) is 22.2 Å². The zero-order valence-corrected chi connectivity index (χ0v) is 24.9. The molecule has 1 fully saturated rings. The van der Waals surface area contributed by atoms with Crippen molar-refractivity contribution < 1.29 is 22.2 Å². The van der Waals surface area contributed by atoms with E-state index < -0.39 is 38.3 Å². The van der Waals surface area contributed by atoms with E-state index >= 15 is 0 Å². The van der Waals surface area contributed by atoms with Crippen molar-refractivity contribution in [3.63, 3.8) is 0 Å². The summed E-state index contributed by atoms with van der Waals surface area (Å²) in [5.41, 5.74) is 6.95. The van der Waals surface area contributed by atoms with Crippen molar-refractivity contribution in [2.24, 2.45) is 5.73 Å². The Hall–Kier alpha value is -2.47. The van der Waals surface area contributed by atoms with Crippen LogP contribution in [0.2, 0.25) is 0 Å². The molecule has 2 aliphatic rings. The highest BCUT2D eigenvalue weighted by Crippen LogP contribution is 2.47. The maximum atomic E-state index is 13.7. The molecule has 2 amide bonds. The molecule has 2 aromatic rings. The number of piperidine rings is 1. The molecule has 39 heavy (non-hydrogen) atoms. The van der Waals surface area contributed by atoms with Crippen LogP contribution < -0.4 is 15.4 Å². The molecule has 1 unspecified atom stereocenters. The number of nitrogens with two attached hydrogens (primary N) is 1. The fourth-order valence-electron chi connectivity index (χ4n) is 5.21. The first-order chi connectivity index (χ1) is 17.8. The normalized spacial score (nSPS) is 18.2. The van der Waals surface area contributed by atoms with E-state index in [1.54, 1.807) is 18.7 Å². The van der Waals surface area contributed by atoms with E-state index in [2.05, 4.69) is 5.32 Å². The number of nitrogens with zero attached hydrogens (tertiary/aromatic N) is 2. The van der Waals surface area contributed by atoms with Crippen LogP contribution in [0.3, 0.4) is 0 Å². The first-order valence-corrected chi connectivity index (χ1v) is 16.0. The van der Waals surface area contributed by atoms with Gasteiger partial charge in [0.15, 0.2) is 0 Å². The molecule has 0 aromatic heterocycles. The zero-order valence-electron chi connectivity index (χ0n) is 22.5. The van der Waals surface area contributed by atoms with Crippen LogP contribution in [0.5, 0.6) is 0 Å². The van der Waals surface area contributed by atoms with Crippen molar-refractivity contribution in [2.75, 3.05) is 35.9 Å². The Bertz CT molecular complexity index is 1320. The second-order valence-electron chi connectivity index (χ2n) is 10.9. The molecule has 4 rings (SSSR count). The van der Waals surface area contributed by atoms with Gasteiger partial charge in [-0.1, -0.05) is 48.5 Å². The topological polar surface area (TPSA) is 130 Å².